The number of rotatable bonds is 0. The summed E-state index contributed by atoms with van der Waals surface area (Å²) in [5, 5.41) is 9.18. The van der Waals surface area contributed by atoms with Gasteiger partial charge in [0.05, 0.1) is 0 Å². The van der Waals surface area contributed by atoms with Crippen LogP contribution in [0.5, 0.6) is 5.75 Å². The van der Waals surface area contributed by atoms with Crippen molar-refractivity contribution >= 4 is 37.7 Å². The molecular formula is C10H14Br2CaO. The van der Waals surface area contributed by atoms with E-state index in [4.69, 9.17) is 0 Å². The molecule has 4 heteroatoms. The Morgan fingerprint density at radius 1 is 1.07 bits per heavy atom. The summed E-state index contributed by atoms with van der Waals surface area (Å²) in [6, 6.07) is 7.39. The average molecular weight is 350 g/mol. The second-order valence-corrected chi connectivity index (χ2v) is 3.80. The first kappa shape index (κ1) is 20.6. The quantitative estimate of drug-likeness (QED) is 0.478. The first-order chi connectivity index (χ1) is 5.00. The summed E-state index contributed by atoms with van der Waals surface area (Å²) in [6.07, 6.45) is 0. The van der Waals surface area contributed by atoms with Crippen molar-refractivity contribution < 1.29 is 39.1 Å². The molecule has 0 heterocycles. The Hall–Kier alpha value is 1.24. The van der Waals surface area contributed by atoms with Crippen LogP contribution in [-0.4, -0.2) is 42.8 Å². The van der Waals surface area contributed by atoms with Crippen molar-refractivity contribution in [1.29, 1.82) is 0 Å². The average Bonchev–Trinajstić information content (AvgIpc) is 1.86. The molecule has 1 nitrogen and oxygen atoms in total. The van der Waals surface area contributed by atoms with E-state index in [1.54, 1.807) is 12.1 Å². The zero-order valence-corrected chi connectivity index (χ0v) is 14.1. The minimum Gasteiger partial charge on any atom is -1.00 e. The first-order valence-corrected chi connectivity index (χ1v) is 3.79. The Kier molecular flexibility index (Phi) is 12.4. The van der Waals surface area contributed by atoms with Crippen LogP contribution in [0, 0.1) is 0 Å². The van der Waals surface area contributed by atoms with Crippen LogP contribution in [0.4, 0.5) is 0 Å². The largest absolute Gasteiger partial charge is 2.00 e. The van der Waals surface area contributed by atoms with E-state index in [9.17, 15) is 5.11 Å². The standard InChI is InChI=1S/C10H14O.2BrH.Ca/c1-10(2,3)8-5-4-6-9(11)7-8;;;/h4-7,11H,1-3H3;2*1H;/q;;;+2/p-2. The summed E-state index contributed by atoms with van der Waals surface area (Å²) < 4.78 is 0. The molecule has 0 atom stereocenters. The van der Waals surface area contributed by atoms with Crippen LogP contribution < -0.4 is 34.0 Å². The third-order valence-electron chi connectivity index (χ3n) is 1.71. The molecular weight excluding hydrogens is 336 g/mol. The third-order valence-corrected chi connectivity index (χ3v) is 1.71. The molecule has 1 aromatic carbocycles. The Morgan fingerprint density at radius 2 is 1.57 bits per heavy atom. The summed E-state index contributed by atoms with van der Waals surface area (Å²) in [5.74, 6) is 0.345. The zero-order valence-electron chi connectivity index (χ0n) is 8.72. The van der Waals surface area contributed by atoms with Crippen molar-refractivity contribution in [2.45, 2.75) is 26.2 Å². The van der Waals surface area contributed by atoms with E-state index in [2.05, 4.69) is 20.8 Å². The summed E-state index contributed by atoms with van der Waals surface area (Å²) in [5.41, 5.74) is 1.29. The molecule has 14 heavy (non-hydrogen) atoms. The SMILES string of the molecule is CC(C)(C)c1cccc(O)c1.[Br-].[Br-].[Ca+2]. The van der Waals surface area contributed by atoms with Gasteiger partial charge in [-0.25, -0.2) is 0 Å². The fourth-order valence-corrected chi connectivity index (χ4v) is 0.972. The number of phenols is 1. The predicted octanol–water partition coefficient (Wildman–Crippen LogP) is -3.68. The molecule has 76 valence electrons. The molecule has 0 saturated heterocycles. The minimum absolute atomic E-state index is 0. The van der Waals surface area contributed by atoms with Gasteiger partial charge in [0, 0.05) is 0 Å². The van der Waals surface area contributed by atoms with Gasteiger partial charge in [0.2, 0.25) is 0 Å². The van der Waals surface area contributed by atoms with Crippen molar-refractivity contribution in [2.24, 2.45) is 0 Å². The van der Waals surface area contributed by atoms with E-state index < -0.39 is 0 Å². The maximum atomic E-state index is 9.18. The molecule has 0 aliphatic carbocycles. The van der Waals surface area contributed by atoms with Gasteiger partial charge in [-0.05, 0) is 23.1 Å². The molecule has 0 radical (unpaired) electrons. The molecule has 0 amide bonds. The second-order valence-electron chi connectivity index (χ2n) is 3.80. The number of benzene rings is 1. The smallest absolute Gasteiger partial charge is 1.00 e. The van der Waals surface area contributed by atoms with Crippen LogP contribution in [-0.2, 0) is 5.41 Å². The van der Waals surface area contributed by atoms with Gasteiger partial charge in [-0.2, -0.15) is 0 Å². The Bertz CT molecular complexity index is 259. The molecule has 0 bridgehead atoms. The maximum Gasteiger partial charge on any atom is 2.00 e. The van der Waals surface area contributed by atoms with Crippen molar-refractivity contribution in [3.05, 3.63) is 29.8 Å². The molecule has 0 saturated carbocycles. The van der Waals surface area contributed by atoms with Gasteiger partial charge in [0.15, 0.2) is 0 Å². The molecule has 1 rings (SSSR count). The Labute approximate surface area is 137 Å². The van der Waals surface area contributed by atoms with Crippen LogP contribution in [0.2, 0.25) is 0 Å². The fraction of sp³-hybridized carbons (Fsp3) is 0.400. The zero-order chi connectivity index (χ0) is 8.48. The monoisotopic (exact) mass is 348 g/mol. The van der Waals surface area contributed by atoms with Crippen molar-refractivity contribution in [2.75, 3.05) is 0 Å². The number of hydrogen-bond donors (Lipinski definition) is 1. The summed E-state index contributed by atoms with van der Waals surface area (Å²) in [7, 11) is 0. The van der Waals surface area contributed by atoms with Crippen LogP contribution in [0.3, 0.4) is 0 Å². The van der Waals surface area contributed by atoms with Gasteiger partial charge in [-0.3, -0.25) is 0 Å². The van der Waals surface area contributed by atoms with Gasteiger partial charge in [0.1, 0.15) is 5.75 Å². The maximum absolute atomic E-state index is 9.18. The number of aromatic hydroxyl groups is 1. The number of hydrogen-bond acceptors (Lipinski definition) is 1. The van der Waals surface area contributed by atoms with E-state index in [0.29, 0.717) is 5.75 Å². The van der Waals surface area contributed by atoms with E-state index in [1.165, 1.54) is 0 Å². The van der Waals surface area contributed by atoms with E-state index >= 15 is 0 Å². The molecule has 0 aliphatic heterocycles. The van der Waals surface area contributed by atoms with Crippen LogP contribution in [0.1, 0.15) is 26.3 Å². The predicted molar refractivity (Wildman–Crippen MR) is 52.6 cm³/mol. The van der Waals surface area contributed by atoms with Crippen molar-refractivity contribution in [3.63, 3.8) is 0 Å². The van der Waals surface area contributed by atoms with Crippen molar-refractivity contribution in [1.82, 2.24) is 0 Å². The van der Waals surface area contributed by atoms with E-state index in [1.807, 2.05) is 12.1 Å². The van der Waals surface area contributed by atoms with Gasteiger partial charge in [0.25, 0.3) is 0 Å². The minimum atomic E-state index is 0. The summed E-state index contributed by atoms with van der Waals surface area (Å²) >= 11 is 0. The first-order valence-electron chi connectivity index (χ1n) is 3.79. The Balaban J connectivity index is -0.000000403. The number of phenolic OH excluding ortho intramolecular Hbond substituents is 1. The summed E-state index contributed by atoms with van der Waals surface area (Å²) in [4.78, 5) is 0. The van der Waals surface area contributed by atoms with Gasteiger partial charge in [-0.1, -0.05) is 32.9 Å². The molecule has 0 fully saturated rings. The number of halogens is 2. The van der Waals surface area contributed by atoms with E-state index in [-0.39, 0.29) is 77.1 Å². The van der Waals surface area contributed by atoms with E-state index in [0.717, 1.165) is 5.56 Å². The molecule has 0 spiro atoms. The van der Waals surface area contributed by atoms with Crippen LogP contribution >= 0.6 is 0 Å². The second kappa shape index (κ2) is 8.40. The van der Waals surface area contributed by atoms with Crippen LogP contribution in [0.25, 0.3) is 0 Å². The summed E-state index contributed by atoms with van der Waals surface area (Å²) in [6.45, 7) is 6.38. The Morgan fingerprint density at radius 3 is 1.86 bits per heavy atom. The molecule has 1 N–H and O–H groups in total. The fourth-order valence-electron chi connectivity index (χ4n) is 0.972. The molecule has 1 aromatic rings. The topological polar surface area (TPSA) is 20.2 Å². The normalized spacial score (nSPS) is 9.07. The molecule has 0 aliphatic rings. The third kappa shape index (κ3) is 6.67. The van der Waals surface area contributed by atoms with Gasteiger partial charge in [-0.15, -0.1) is 0 Å². The van der Waals surface area contributed by atoms with Crippen molar-refractivity contribution in [3.8, 4) is 5.75 Å². The molecule has 0 unspecified atom stereocenters. The van der Waals surface area contributed by atoms with Gasteiger partial charge < -0.3 is 39.1 Å². The van der Waals surface area contributed by atoms with Crippen LogP contribution in [0.15, 0.2) is 24.3 Å². The molecule has 0 aromatic heterocycles. The van der Waals surface area contributed by atoms with Gasteiger partial charge >= 0.3 is 37.7 Å².